The van der Waals surface area contributed by atoms with Gasteiger partial charge in [-0.2, -0.15) is 0 Å². The van der Waals surface area contributed by atoms with Gasteiger partial charge in [-0.1, -0.05) is 17.7 Å². The second-order valence-corrected chi connectivity index (χ2v) is 8.13. The third-order valence-corrected chi connectivity index (χ3v) is 6.27. The summed E-state index contributed by atoms with van der Waals surface area (Å²) in [5.74, 6) is -3.05. The van der Waals surface area contributed by atoms with E-state index in [0.29, 0.717) is 5.57 Å². The maximum Gasteiger partial charge on any atom is 0.352 e. The molecular weight excluding hydrogens is 438 g/mol. The first kappa shape index (κ1) is 21.9. The summed E-state index contributed by atoms with van der Waals surface area (Å²) in [6.45, 7) is 0.964. The third kappa shape index (κ3) is 4.09. The maximum atomic E-state index is 12.6. The molecular formula is C18H18ClN3O7S. The molecule has 0 aliphatic carbocycles. The number of benzene rings is 1. The highest BCUT2D eigenvalue weighted by Gasteiger charge is 2.54. The van der Waals surface area contributed by atoms with Crippen LogP contribution in [0.1, 0.15) is 18.5 Å². The van der Waals surface area contributed by atoms with Gasteiger partial charge in [-0.3, -0.25) is 19.3 Å². The molecule has 160 valence electrons. The number of hydrogen-bond donors (Lipinski definition) is 4. The van der Waals surface area contributed by atoms with Crippen LogP contribution in [0.4, 0.5) is 0 Å². The molecule has 1 aromatic rings. The summed E-state index contributed by atoms with van der Waals surface area (Å²) < 4.78 is 4.87. The van der Waals surface area contributed by atoms with Crippen molar-refractivity contribution in [1.29, 1.82) is 0 Å². The number of hydrogen-bond acceptors (Lipinski definition) is 8. The maximum absolute atomic E-state index is 12.6. The van der Waals surface area contributed by atoms with E-state index in [1.54, 1.807) is 0 Å². The fourth-order valence-electron chi connectivity index (χ4n) is 3.14. The SMILES string of the molecule is CC(=O)OCC1=C(C(=O)O)N2C(=O)[C@@H](NC(=O)C(N)c3ccc(O)cc3Cl)[C@H]2SC1. The molecule has 2 amide bonds. The van der Waals surface area contributed by atoms with Crippen LogP contribution in [0.2, 0.25) is 5.02 Å². The monoisotopic (exact) mass is 455 g/mol. The second-order valence-electron chi connectivity index (χ2n) is 6.62. The molecule has 1 aromatic carbocycles. The number of carboxylic acid groups (broad SMARTS) is 1. The number of phenols is 1. The van der Waals surface area contributed by atoms with E-state index in [0.717, 1.165) is 4.90 Å². The molecule has 2 aliphatic heterocycles. The zero-order valence-electron chi connectivity index (χ0n) is 15.6. The first-order valence-corrected chi connectivity index (χ1v) is 10.1. The summed E-state index contributed by atoms with van der Waals surface area (Å²) >= 11 is 7.25. The van der Waals surface area contributed by atoms with Gasteiger partial charge < -0.3 is 26.0 Å². The minimum absolute atomic E-state index is 0.0858. The van der Waals surface area contributed by atoms with Gasteiger partial charge in [-0.05, 0) is 17.7 Å². The van der Waals surface area contributed by atoms with Crippen molar-refractivity contribution in [3.05, 3.63) is 40.1 Å². The summed E-state index contributed by atoms with van der Waals surface area (Å²) in [5.41, 5.74) is 6.25. The van der Waals surface area contributed by atoms with Crippen LogP contribution in [-0.4, -0.2) is 62.6 Å². The van der Waals surface area contributed by atoms with Crippen LogP contribution in [0.25, 0.3) is 0 Å². The van der Waals surface area contributed by atoms with Crippen LogP contribution in [0, 0.1) is 0 Å². The topological polar surface area (TPSA) is 159 Å². The number of fused-ring (bicyclic) bond motifs is 1. The number of aromatic hydroxyl groups is 1. The number of halogens is 1. The van der Waals surface area contributed by atoms with Crippen LogP contribution in [-0.2, 0) is 23.9 Å². The number of ether oxygens (including phenoxy) is 1. The fourth-order valence-corrected chi connectivity index (χ4v) is 4.76. The molecule has 0 saturated carbocycles. The predicted octanol–water partition coefficient (Wildman–Crippen LogP) is 0.347. The Bertz CT molecular complexity index is 967. The lowest BCUT2D eigenvalue weighted by molar-refractivity contribution is -0.151. The summed E-state index contributed by atoms with van der Waals surface area (Å²) in [6.07, 6.45) is 0. The van der Waals surface area contributed by atoms with Gasteiger partial charge in [-0.15, -0.1) is 11.8 Å². The first-order valence-electron chi connectivity index (χ1n) is 8.69. The average Bonchev–Trinajstić information content (AvgIpc) is 2.68. The number of esters is 1. The number of thioether (sulfide) groups is 1. The Kier molecular flexibility index (Phi) is 6.25. The normalized spacial score (nSPS) is 21.4. The van der Waals surface area contributed by atoms with Crippen LogP contribution < -0.4 is 11.1 Å². The van der Waals surface area contributed by atoms with E-state index in [2.05, 4.69) is 5.32 Å². The van der Waals surface area contributed by atoms with Crippen molar-refractivity contribution < 1.29 is 34.1 Å². The summed E-state index contributed by atoms with van der Waals surface area (Å²) in [7, 11) is 0. The number of aliphatic carboxylic acids is 1. The number of phenolic OH excluding ortho intramolecular Hbond substituents is 1. The van der Waals surface area contributed by atoms with Gasteiger partial charge >= 0.3 is 11.9 Å². The van der Waals surface area contributed by atoms with E-state index in [4.69, 9.17) is 22.1 Å². The minimum Gasteiger partial charge on any atom is -0.508 e. The Hall–Kier alpha value is -2.76. The lowest BCUT2D eigenvalue weighted by atomic mass is 10.0. The molecule has 12 heteroatoms. The van der Waals surface area contributed by atoms with E-state index in [1.165, 1.54) is 36.9 Å². The van der Waals surface area contributed by atoms with E-state index in [9.17, 15) is 29.4 Å². The number of nitrogens with two attached hydrogens (primary N) is 1. The van der Waals surface area contributed by atoms with Gasteiger partial charge in [0.05, 0.1) is 0 Å². The van der Waals surface area contributed by atoms with Crippen molar-refractivity contribution >= 4 is 47.1 Å². The predicted molar refractivity (Wildman–Crippen MR) is 106 cm³/mol. The van der Waals surface area contributed by atoms with Crippen LogP contribution in [0.5, 0.6) is 5.75 Å². The molecule has 1 saturated heterocycles. The standard InChI is InChI=1S/C18H18ClN3O7S/c1-7(23)29-5-8-6-30-17-13(16(26)22(17)14(8)18(27)28)21-15(25)12(20)10-3-2-9(24)4-11(10)19/h2-4,12-13,17,24H,5-6,20H2,1H3,(H,21,25)(H,27,28)/t12?,13-,17-/m1/s1. The number of rotatable bonds is 6. The smallest absolute Gasteiger partial charge is 0.352 e. The second kappa shape index (κ2) is 8.54. The van der Waals surface area contributed by atoms with Gasteiger partial charge in [-0.25, -0.2) is 4.79 Å². The highest BCUT2D eigenvalue weighted by molar-refractivity contribution is 8.00. The molecule has 30 heavy (non-hydrogen) atoms. The number of amides is 2. The molecule has 0 bridgehead atoms. The Morgan fingerprint density at radius 1 is 1.43 bits per heavy atom. The van der Waals surface area contributed by atoms with Crippen molar-refractivity contribution in [2.45, 2.75) is 24.4 Å². The van der Waals surface area contributed by atoms with Gasteiger partial charge in [0.2, 0.25) is 5.91 Å². The number of carbonyl (C=O) groups is 4. The lowest BCUT2D eigenvalue weighted by Crippen LogP contribution is -2.71. The molecule has 1 unspecified atom stereocenters. The summed E-state index contributed by atoms with van der Waals surface area (Å²) in [5, 5.41) is 20.9. The van der Waals surface area contributed by atoms with Crippen LogP contribution in [0.3, 0.4) is 0 Å². The molecule has 0 spiro atoms. The summed E-state index contributed by atoms with van der Waals surface area (Å²) in [4.78, 5) is 48.9. The van der Waals surface area contributed by atoms with Gasteiger partial charge in [0, 0.05) is 23.3 Å². The van der Waals surface area contributed by atoms with E-state index < -0.39 is 41.2 Å². The molecule has 3 rings (SSSR count). The van der Waals surface area contributed by atoms with Crippen molar-refractivity contribution in [3.63, 3.8) is 0 Å². The molecule has 0 aromatic heterocycles. The van der Waals surface area contributed by atoms with Crippen molar-refractivity contribution in [2.24, 2.45) is 5.73 Å². The van der Waals surface area contributed by atoms with Gasteiger partial charge in [0.15, 0.2) is 0 Å². The number of carbonyl (C=O) groups excluding carboxylic acids is 3. The van der Waals surface area contributed by atoms with E-state index in [-0.39, 0.29) is 34.4 Å². The zero-order chi connectivity index (χ0) is 22.2. The largest absolute Gasteiger partial charge is 0.508 e. The van der Waals surface area contributed by atoms with Crippen molar-refractivity contribution in [1.82, 2.24) is 10.2 Å². The van der Waals surface area contributed by atoms with Gasteiger partial charge in [0.25, 0.3) is 5.91 Å². The molecule has 0 radical (unpaired) electrons. The number of nitrogens with zero attached hydrogens (tertiary/aromatic N) is 1. The first-order chi connectivity index (χ1) is 14.1. The van der Waals surface area contributed by atoms with Gasteiger partial charge in [0.1, 0.15) is 35.5 Å². The quantitative estimate of drug-likeness (QED) is 0.350. The highest BCUT2D eigenvalue weighted by Crippen LogP contribution is 2.40. The van der Waals surface area contributed by atoms with Crippen molar-refractivity contribution in [2.75, 3.05) is 12.4 Å². The summed E-state index contributed by atoms with van der Waals surface area (Å²) in [6, 6.07) is 1.82. The minimum atomic E-state index is -1.33. The van der Waals surface area contributed by atoms with E-state index >= 15 is 0 Å². The fraction of sp³-hybridized carbons (Fsp3) is 0.333. The van der Waals surface area contributed by atoms with Crippen LogP contribution in [0.15, 0.2) is 29.5 Å². The molecule has 2 aliphatic rings. The Morgan fingerprint density at radius 2 is 2.13 bits per heavy atom. The number of nitrogens with one attached hydrogen (secondary N) is 1. The Balaban J connectivity index is 1.73. The third-order valence-electron chi connectivity index (χ3n) is 4.60. The van der Waals surface area contributed by atoms with E-state index in [1.807, 2.05) is 0 Å². The Labute approximate surface area is 180 Å². The van der Waals surface area contributed by atoms with Crippen molar-refractivity contribution in [3.8, 4) is 5.75 Å². The average molecular weight is 456 g/mol. The molecule has 2 heterocycles. The zero-order valence-corrected chi connectivity index (χ0v) is 17.2. The van der Waals surface area contributed by atoms with Crippen LogP contribution >= 0.6 is 23.4 Å². The Morgan fingerprint density at radius 3 is 2.73 bits per heavy atom. The molecule has 3 atom stereocenters. The highest BCUT2D eigenvalue weighted by atomic mass is 35.5. The molecule has 10 nitrogen and oxygen atoms in total. The number of carboxylic acids is 1. The number of β-lactam (4-membered cyclic amide) rings is 1. The lowest BCUT2D eigenvalue weighted by Gasteiger charge is -2.49. The molecule has 5 N–H and O–H groups in total. The molecule has 1 fully saturated rings.